The van der Waals surface area contributed by atoms with Crippen molar-refractivity contribution in [3.05, 3.63) is 23.8 Å². The lowest BCUT2D eigenvalue weighted by Gasteiger charge is -2.12. The first-order chi connectivity index (χ1) is 8.81. The second-order valence-electron chi connectivity index (χ2n) is 4.02. The summed E-state index contributed by atoms with van der Waals surface area (Å²) in [4.78, 5) is 33.5. The van der Waals surface area contributed by atoms with E-state index in [-0.39, 0.29) is 17.2 Å². The van der Waals surface area contributed by atoms with Crippen molar-refractivity contribution in [3.8, 4) is 0 Å². The van der Waals surface area contributed by atoms with Gasteiger partial charge in [-0.2, -0.15) is 0 Å². The predicted molar refractivity (Wildman–Crippen MR) is 70.0 cm³/mol. The summed E-state index contributed by atoms with van der Waals surface area (Å²) in [6.45, 7) is 2.80. The number of aromatic carboxylic acids is 1. The first-order valence-corrected chi connectivity index (χ1v) is 5.52. The zero-order chi connectivity index (χ0) is 14.6. The molecular weight excluding hydrogens is 250 g/mol. The van der Waals surface area contributed by atoms with Gasteiger partial charge in [-0.3, -0.25) is 9.59 Å². The van der Waals surface area contributed by atoms with Crippen LogP contribution in [0.15, 0.2) is 18.2 Å². The van der Waals surface area contributed by atoms with Crippen LogP contribution in [0.3, 0.4) is 0 Å². The number of anilines is 2. The molecule has 1 unspecified atom stereocenters. The molecular formula is C12H15N3O4. The fourth-order valence-electron chi connectivity index (χ4n) is 1.36. The molecule has 0 radical (unpaired) electrons. The highest BCUT2D eigenvalue weighted by atomic mass is 16.4. The van der Waals surface area contributed by atoms with E-state index in [0.717, 1.165) is 0 Å². The van der Waals surface area contributed by atoms with Crippen LogP contribution in [0, 0.1) is 0 Å². The fraction of sp³-hybridized carbons (Fsp3) is 0.250. The molecule has 0 aromatic heterocycles. The summed E-state index contributed by atoms with van der Waals surface area (Å²) in [5.74, 6) is -2.02. The SMILES string of the molecule is CC(=O)Nc1ccc(NC(=O)C(C)N)c(C(=O)O)c1. The maximum Gasteiger partial charge on any atom is 0.337 e. The van der Waals surface area contributed by atoms with Crippen LogP contribution in [-0.2, 0) is 9.59 Å². The Bertz CT molecular complexity index is 526. The van der Waals surface area contributed by atoms with Crippen molar-refractivity contribution in [3.63, 3.8) is 0 Å². The molecule has 0 spiro atoms. The van der Waals surface area contributed by atoms with Crippen molar-refractivity contribution in [1.29, 1.82) is 0 Å². The lowest BCUT2D eigenvalue weighted by Crippen LogP contribution is -2.33. The number of nitrogens with two attached hydrogens (primary N) is 1. The Hall–Kier alpha value is -2.41. The standard InChI is InChI=1S/C12H15N3O4/c1-6(13)11(17)15-10-4-3-8(14-7(2)16)5-9(10)12(18)19/h3-6H,13H2,1-2H3,(H,14,16)(H,15,17)(H,18,19). The average molecular weight is 265 g/mol. The molecule has 0 aliphatic rings. The minimum absolute atomic E-state index is 0.125. The summed E-state index contributed by atoms with van der Waals surface area (Å²) >= 11 is 0. The number of carbonyl (C=O) groups excluding carboxylic acids is 2. The van der Waals surface area contributed by atoms with E-state index in [2.05, 4.69) is 10.6 Å². The van der Waals surface area contributed by atoms with E-state index in [1.54, 1.807) is 0 Å². The van der Waals surface area contributed by atoms with Crippen LogP contribution in [0.4, 0.5) is 11.4 Å². The second kappa shape index (κ2) is 5.96. The Morgan fingerprint density at radius 2 is 1.89 bits per heavy atom. The van der Waals surface area contributed by atoms with Gasteiger partial charge in [0.05, 0.1) is 17.3 Å². The summed E-state index contributed by atoms with van der Waals surface area (Å²) in [5.41, 5.74) is 5.73. The van der Waals surface area contributed by atoms with E-state index in [4.69, 9.17) is 10.8 Å². The average Bonchev–Trinajstić information content (AvgIpc) is 2.29. The number of carboxylic acid groups (broad SMARTS) is 1. The molecule has 0 saturated heterocycles. The van der Waals surface area contributed by atoms with Gasteiger partial charge in [-0.15, -0.1) is 0 Å². The summed E-state index contributed by atoms with van der Waals surface area (Å²) in [6, 6.07) is 3.40. The van der Waals surface area contributed by atoms with Gasteiger partial charge >= 0.3 is 5.97 Å². The minimum Gasteiger partial charge on any atom is -0.478 e. The molecule has 7 nitrogen and oxygen atoms in total. The third kappa shape index (κ3) is 4.07. The van der Waals surface area contributed by atoms with Gasteiger partial charge in [-0.1, -0.05) is 0 Å². The molecule has 102 valence electrons. The largest absolute Gasteiger partial charge is 0.478 e. The Morgan fingerprint density at radius 1 is 1.26 bits per heavy atom. The summed E-state index contributed by atoms with van der Waals surface area (Å²) < 4.78 is 0. The number of benzene rings is 1. The van der Waals surface area contributed by atoms with Crippen LogP contribution in [-0.4, -0.2) is 28.9 Å². The Kier molecular flexibility index (Phi) is 4.60. The monoisotopic (exact) mass is 265 g/mol. The fourth-order valence-corrected chi connectivity index (χ4v) is 1.36. The van der Waals surface area contributed by atoms with Gasteiger partial charge in [0.15, 0.2) is 0 Å². The molecule has 1 rings (SSSR count). The molecule has 5 N–H and O–H groups in total. The molecule has 2 amide bonds. The van der Waals surface area contributed by atoms with Crippen molar-refractivity contribution in [2.75, 3.05) is 10.6 Å². The van der Waals surface area contributed by atoms with Crippen LogP contribution in [0.1, 0.15) is 24.2 Å². The third-order valence-electron chi connectivity index (χ3n) is 2.24. The Balaban J connectivity index is 3.08. The zero-order valence-electron chi connectivity index (χ0n) is 10.6. The van der Waals surface area contributed by atoms with Gasteiger partial charge in [0.25, 0.3) is 0 Å². The molecule has 0 aliphatic heterocycles. The lowest BCUT2D eigenvalue weighted by atomic mass is 10.1. The molecule has 0 aliphatic carbocycles. The van der Waals surface area contributed by atoms with Gasteiger partial charge in [-0.05, 0) is 25.1 Å². The van der Waals surface area contributed by atoms with Crippen molar-refractivity contribution in [2.45, 2.75) is 19.9 Å². The summed E-state index contributed by atoms with van der Waals surface area (Å²) in [6.07, 6.45) is 0. The first kappa shape index (κ1) is 14.7. The minimum atomic E-state index is -1.22. The lowest BCUT2D eigenvalue weighted by molar-refractivity contribution is -0.117. The van der Waals surface area contributed by atoms with Gasteiger partial charge in [0.2, 0.25) is 11.8 Å². The van der Waals surface area contributed by atoms with Gasteiger partial charge in [0, 0.05) is 12.6 Å². The second-order valence-corrected chi connectivity index (χ2v) is 4.02. The molecule has 0 heterocycles. The number of rotatable bonds is 4. The smallest absolute Gasteiger partial charge is 0.337 e. The number of hydrogen-bond donors (Lipinski definition) is 4. The van der Waals surface area contributed by atoms with Crippen molar-refractivity contribution >= 4 is 29.2 Å². The van der Waals surface area contributed by atoms with Crippen LogP contribution in [0.5, 0.6) is 0 Å². The topological polar surface area (TPSA) is 122 Å². The van der Waals surface area contributed by atoms with E-state index < -0.39 is 17.9 Å². The molecule has 0 saturated carbocycles. The predicted octanol–water partition coefficient (Wildman–Crippen LogP) is 0.629. The van der Waals surface area contributed by atoms with Crippen LogP contribution in [0.2, 0.25) is 0 Å². The molecule has 1 atom stereocenters. The number of carboxylic acids is 1. The van der Waals surface area contributed by atoms with Gasteiger partial charge < -0.3 is 21.5 Å². The number of carbonyl (C=O) groups is 3. The highest BCUT2D eigenvalue weighted by Crippen LogP contribution is 2.21. The Morgan fingerprint density at radius 3 is 2.37 bits per heavy atom. The van der Waals surface area contributed by atoms with E-state index in [9.17, 15) is 14.4 Å². The van der Waals surface area contributed by atoms with Gasteiger partial charge in [-0.25, -0.2) is 4.79 Å². The van der Waals surface area contributed by atoms with E-state index in [1.807, 2.05) is 0 Å². The quantitative estimate of drug-likeness (QED) is 0.636. The van der Waals surface area contributed by atoms with Crippen molar-refractivity contribution < 1.29 is 19.5 Å². The van der Waals surface area contributed by atoms with E-state index >= 15 is 0 Å². The normalized spacial score (nSPS) is 11.5. The highest BCUT2D eigenvalue weighted by molar-refractivity contribution is 6.03. The molecule has 0 fully saturated rings. The molecule has 19 heavy (non-hydrogen) atoms. The molecule has 7 heteroatoms. The van der Waals surface area contributed by atoms with Crippen molar-refractivity contribution in [1.82, 2.24) is 0 Å². The third-order valence-corrected chi connectivity index (χ3v) is 2.24. The summed E-state index contributed by atoms with van der Waals surface area (Å²) in [5, 5.41) is 14.0. The number of amides is 2. The van der Waals surface area contributed by atoms with Crippen LogP contribution >= 0.6 is 0 Å². The zero-order valence-corrected chi connectivity index (χ0v) is 10.6. The van der Waals surface area contributed by atoms with E-state index in [1.165, 1.54) is 32.0 Å². The summed E-state index contributed by atoms with van der Waals surface area (Å²) in [7, 11) is 0. The van der Waals surface area contributed by atoms with Gasteiger partial charge in [0.1, 0.15) is 0 Å². The molecule has 1 aromatic carbocycles. The number of nitrogens with one attached hydrogen (secondary N) is 2. The molecule has 0 bridgehead atoms. The van der Waals surface area contributed by atoms with Crippen molar-refractivity contribution in [2.24, 2.45) is 5.73 Å². The van der Waals surface area contributed by atoms with Crippen LogP contribution < -0.4 is 16.4 Å². The number of hydrogen-bond acceptors (Lipinski definition) is 4. The van der Waals surface area contributed by atoms with Crippen LogP contribution in [0.25, 0.3) is 0 Å². The highest BCUT2D eigenvalue weighted by Gasteiger charge is 2.15. The maximum atomic E-state index is 11.5. The first-order valence-electron chi connectivity index (χ1n) is 5.52. The Labute approximate surface area is 109 Å². The molecule has 1 aromatic rings. The van der Waals surface area contributed by atoms with E-state index in [0.29, 0.717) is 5.69 Å². The maximum absolute atomic E-state index is 11.5.